The molecule has 1 fully saturated rings. The summed E-state index contributed by atoms with van der Waals surface area (Å²) in [5.74, 6) is 1.94. The Morgan fingerprint density at radius 3 is 2.69 bits per heavy atom. The first-order valence-corrected chi connectivity index (χ1v) is 7.03. The van der Waals surface area contributed by atoms with E-state index in [1.807, 2.05) is 0 Å². The molecular formula is C14H28N2. The summed E-state index contributed by atoms with van der Waals surface area (Å²) < 4.78 is 0. The van der Waals surface area contributed by atoms with Gasteiger partial charge in [-0.2, -0.15) is 0 Å². The third kappa shape index (κ3) is 6.14. The summed E-state index contributed by atoms with van der Waals surface area (Å²) in [6.07, 6.45) is 14.2. The van der Waals surface area contributed by atoms with Gasteiger partial charge in [0.25, 0.3) is 0 Å². The van der Waals surface area contributed by atoms with Crippen molar-refractivity contribution in [2.75, 3.05) is 6.54 Å². The third-order valence-electron chi connectivity index (χ3n) is 3.80. The molecule has 16 heavy (non-hydrogen) atoms. The Kier molecular flexibility index (Phi) is 7.28. The fourth-order valence-electron chi connectivity index (χ4n) is 2.88. The van der Waals surface area contributed by atoms with Gasteiger partial charge in [-0.3, -0.25) is 4.99 Å². The minimum atomic E-state index is 0.907. The monoisotopic (exact) mass is 224 g/mol. The normalized spacial score (nSPS) is 20.3. The Labute approximate surface area is 101 Å². The number of rotatable bonds is 7. The molecular weight excluding hydrogens is 196 g/mol. The van der Waals surface area contributed by atoms with Crippen molar-refractivity contribution in [2.45, 2.75) is 64.7 Å². The molecule has 1 aliphatic carbocycles. The molecule has 0 amide bonds. The van der Waals surface area contributed by atoms with Crippen molar-refractivity contribution in [1.82, 2.24) is 0 Å². The Bertz CT molecular complexity index is 183. The number of hydrogen-bond donors (Lipinski definition) is 1. The number of nitrogens with two attached hydrogens (primary N) is 1. The Balaban J connectivity index is 1.99. The molecule has 0 aliphatic heterocycles. The van der Waals surface area contributed by atoms with E-state index in [9.17, 15) is 0 Å². The van der Waals surface area contributed by atoms with Crippen LogP contribution in [0, 0.1) is 11.8 Å². The molecule has 94 valence electrons. The highest BCUT2D eigenvalue weighted by Gasteiger charge is 2.15. The van der Waals surface area contributed by atoms with Crippen molar-refractivity contribution in [1.29, 1.82) is 0 Å². The highest BCUT2D eigenvalue weighted by Crippen LogP contribution is 2.30. The predicted octanol–water partition coefficient (Wildman–Crippen LogP) is 3.75. The molecule has 0 radical (unpaired) electrons. The first-order chi connectivity index (χ1) is 7.83. The van der Waals surface area contributed by atoms with Gasteiger partial charge < -0.3 is 5.73 Å². The average molecular weight is 224 g/mol. The first-order valence-electron chi connectivity index (χ1n) is 7.03. The van der Waals surface area contributed by atoms with Crippen molar-refractivity contribution in [2.24, 2.45) is 22.6 Å². The van der Waals surface area contributed by atoms with Crippen molar-refractivity contribution in [3.8, 4) is 0 Å². The molecule has 1 atom stereocenters. The molecule has 0 heterocycles. The molecule has 0 saturated heterocycles. The van der Waals surface area contributed by atoms with Crippen LogP contribution >= 0.6 is 0 Å². The highest BCUT2D eigenvalue weighted by atomic mass is 14.8. The summed E-state index contributed by atoms with van der Waals surface area (Å²) in [7, 11) is 0. The van der Waals surface area contributed by atoms with Gasteiger partial charge in [-0.1, -0.05) is 51.9 Å². The third-order valence-corrected chi connectivity index (χ3v) is 3.80. The second-order valence-corrected chi connectivity index (χ2v) is 5.40. The van der Waals surface area contributed by atoms with E-state index in [2.05, 4.69) is 11.9 Å². The van der Waals surface area contributed by atoms with Crippen LogP contribution in [0.25, 0.3) is 0 Å². The molecule has 0 bridgehead atoms. The number of nitrogens with zero attached hydrogens (tertiary/aromatic N) is 1. The van der Waals surface area contributed by atoms with Gasteiger partial charge in [0.15, 0.2) is 0 Å². The van der Waals surface area contributed by atoms with Gasteiger partial charge in [0, 0.05) is 6.54 Å². The van der Waals surface area contributed by atoms with E-state index in [1.54, 1.807) is 0 Å². The number of unbranched alkanes of at least 4 members (excludes halogenated alkanes) is 1. The molecule has 1 rings (SSSR count). The van der Waals surface area contributed by atoms with Crippen LogP contribution in [0.1, 0.15) is 64.7 Å². The van der Waals surface area contributed by atoms with E-state index >= 15 is 0 Å². The van der Waals surface area contributed by atoms with Gasteiger partial charge in [0.1, 0.15) is 0 Å². The quantitative estimate of drug-likeness (QED) is 0.399. The van der Waals surface area contributed by atoms with Crippen molar-refractivity contribution in [3.05, 3.63) is 0 Å². The second-order valence-electron chi connectivity index (χ2n) is 5.40. The lowest BCUT2D eigenvalue weighted by atomic mass is 9.82. The van der Waals surface area contributed by atoms with Crippen LogP contribution in [-0.4, -0.2) is 12.9 Å². The van der Waals surface area contributed by atoms with E-state index < -0.39 is 0 Å². The van der Waals surface area contributed by atoms with Gasteiger partial charge in [-0.05, 0) is 24.7 Å². The minimum absolute atomic E-state index is 0.907. The fraction of sp³-hybridized carbons (Fsp3) is 0.929. The van der Waals surface area contributed by atoms with Crippen LogP contribution in [0.3, 0.4) is 0 Å². The molecule has 1 saturated carbocycles. The summed E-state index contributed by atoms with van der Waals surface area (Å²) in [6.45, 7) is 3.33. The lowest BCUT2D eigenvalue weighted by molar-refractivity contribution is 0.286. The maximum absolute atomic E-state index is 5.20. The Morgan fingerprint density at radius 1 is 1.25 bits per heavy atom. The zero-order valence-electron chi connectivity index (χ0n) is 10.8. The van der Waals surface area contributed by atoms with E-state index in [0.717, 1.165) is 18.4 Å². The fourth-order valence-corrected chi connectivity index (χ4v) is 2.88. The average Bonchev–Trinajstić information content (AvgIpc) is 2.30. The molecule has 2 heteroatoms. The Morgan fingerprint density at radius 2 is 2.00 bits per heavy atom. The smallest absolute Gasteiger partial charge is 0.0797 e. The summed E-state index contributed by atoms with van der Waals surface area (Å²) in [6, 6.07) is 0. The highest BCUT2D eigenvalue weighted by molar-refractivity contribution is 5.50. The molecule has 1 aliphatic rings. The van der Waals surface area contributed by atoms with Crippen LogP contribution in [0.2, 0.25) is 0 Å². The zero-order chi connectivity index (χ0) is 11.6. The van der Waals surface area contributed by atoms with Gasteiger partial charge in [0.2, 0.25) is 0 Å². The van der Waals surface area contributed by atoms with Gasteiger partial charge in [0.05, 0.1) is 6.34 Å². The summed E-state index contributed by atoms with van der Waals surface area (Å²) >= 11 is 0. The van der Waals surface area contributed by atoms with E-state index in [-0.39, 0.29) is 0 Å². The first kappa shape index (κ1) is 13.5. The van der Waals surface area contributed by atoms with Crippen molar-refractivity contribution < 1.29 is 0 Å². The summed E-state index contributed by atoms with van der Waals surface area (Å²) in [5, 5.41) is 0. The van der Waals surface area contributed by atoms with Crippen LogP contribution in [-0.2, 0) is 0 Å². The summed E-state index contributed by atoms with van der Waals surface area (Å²) in [4.78, 5) is 4.04. The lowest BCUT2D eigenvalue weighted by Gasteiger charge is -2.24. The number of hydrogen-bond acceptors (Lipinski definition) is 1. The maximum Gasteiger partial charge on any atom is 0.0797 e. The molecule has 0 aromatic carbocycles. The van der Waals surface area contributed by atoms with Crippen LogP contribution < -0.4 is 5.73 Å². The van der Waals surface area contributed by atoms with E-state index in [1.165, 1.54) is 64.1 Å². The molecule has 0 aromatic rings. The Hall–Kier alpha value is -0.530. The van der Waals surface area contributed by atoms with E-state index in [0.29, 0.717) is 0 Å². The molecule has 1 unspecified atom stereocenters. The SMILES string of the molecule is CC(CCCCN=CN)CC1CCCCC1. The van der Waals surface area contributed by atoms with Gasteiger partial charge in [-0.15, -0.1) is 0 Å². The molecule has 0 spiro atoms. The molecule has 0 aromatic heterocycles. The van der Waals surface area contributed by atoms with Crippen LogP contribution in [0.5, 0.6) is 0 Å². The van der Waals surface area contributed by atoms with Gasteiger partial charge in [-0.25, -0.2) is 0 Å². The molecule has 2 N–H and O–H groups in total. The summed E-state index contributed by atoms with van der Waals surface area (Å²) in [5.41, 5.74) is 5.20. The van der Waals surface area contributed by atoms with Crippen LogP contribution in [0.15, 0.2) is 4.99 Å². The largest absolute Gasteiger partial charge is 0.390 e. The van der Waals surface area contributed by atoms with Crippen LogP contribution in [0.4, 0.5) is 0 Å². The zero-order valence-corrected chi connectivity index (χ0v) is 10.8. The van der Waals surface area contributed by atoms with Gasteiger partial charge >= 0.3 is 0 Å². The topological polar surface area (TPSA) is 38.4 Å². The number of aliphatic imine (C=N–C) groups is 1. The molecule has 2 nitrogen and oxygen atoms in total. The standard InChI is InChI=1S/C14H28N2/c1-13(7-5-6-10-16-12-15)11-14-8-3-2-4-9-14/h12-14H,2-11H2,1H3,(H2,15,16). The maximum atomic E-state index is 5.20. The lowest BCUT2D eigenvalue weighted by Crippen LogP contribution is -2.10. The van der Waals surface area contributed by atoms with Crippen molar-refractivity contribution in [3.63, 3.8) is 0 Å². The second kappa shape index (κ2) is 8.60. The predicted molar refractivity (Wildman–Crippen MR) is 71.8 cm³/mol. The van der Waals surface area contributed by atoms with E-state index in [4.69, 9.17) is 5.73 Å². The minimum Gasteiger partial charge on any atom is -0.390 e. The van der Waals surface area contributed by atoms with Crippen molar-refractivity contribution >= 4 is 6.34 Å².